The van der Waals surface area contributed by atoms with Gasteiger partial charge in [0.05, 0.1) is 16.8 Å². The minimum Gasteiger partial charge on any atom is -0.460 e. The Kier molecular flexibility index (Phi) is 6.36. The average molecular weight is 362 g/mol. The maximum Gasteiger partial charge on any atom is 0.262 e. The summed E-state index contributed by atoms with van der Waals surface area (Å²) in [5, 5.41) is 6.88. The number of amides is 2. The van der Waals surface area contributed by atoms with Crippen molar-refractivity contribution < 1.29 is 14.0 Å². The van der Waals surface area contributed by atoms with E-state index < -0.39 is 17.9 Å². The van der Waals surface area contributed by atoms with E-state index in [9.17, 15) is 9.59 Å². The van der Waals surface area contributed by atoms with Crippen LogP contribution in [0.2, 0.25) is 5.02 Å². The van der Waals surface area contributed by atoms with E-state index in [0.717, 1.165) is 5.76 Å². The number of nitrogens with one attached hydrogen (secondary N) is 2. The second-order valence-electron chi connectivity index (χ2n) is 5.86. The Morgan fingerprint density at radius 2 is 1.92 bits per heavy atom. The summed E-state index contributed by atoms with van der Waals surface area (Å²) >= 11 is 6.02. The highest BCUT2D eigenvalue weighted by Crippen LogP contribution is 2.15. The first-order valence-electron chi connectivity index (χ1n) is 7.83. The van der Waals surface area contributed by atoms with E-state index in [0.29, 0.717) is 16.3 Å². The Hall–Kier alpha value is -2.60. The van der Waals surface area contributed by atoms with Crippen LogP contribution in [-0.2, 0) is 4.79 Å². The Labute approximate surface area is 151 Å². The van der Waals surface area contributed by atoms with Crippen LogP contribution < -0.4 is 10.7 Å². The molecule has 7 heteroatoms. The minimum atomic E-state index is -0.751. The molecule has 0 saturated heterocycles. The van der Waals surface area contributed by atoms with Crippen LogP contribution in [0.5, 0.6) is 0 Å². The molecule has 0 aliphatic carbocycles. The molecule has 2 aromatic rings. The van der Waals surface area contributed by atoms with Crippen LogP contribution in [0.4, 0.5) is 0 Å². The molecule has 0 spiro atoms. The van der Waals surface area contributed by atoms with Crippen LogP contribution in [0.15, 0.2) is 45.9 Å². The van der Waals surface area contributed by atoms with Gasteiger partial charge in [-0.1, -0.05) is 37.6 Å². The lowest BCUT2D eigenvalue weighted by atomic mass is 10.0. The number of hydrogen-bond donors (Lipinski definition) is 2. The molecule has 1 aromatic heterocycles. The molecule has 132 valence electrons. The summed E-state index contributed by atoms with van der Waals surface area (Å²) in [6, 6.07) is 9.45. The molecule has 6 nitrogen and oxygen atoms in total. The molecule has 0 aliphatic heterocycles. The van der Waals surface area contributed by atoms with E-state index in [-0.39, 0.29) is 5.92 Å². The van der Waals surface area contributed by atoms with Crippen molar-refractivity contribution in [2.24, 2.45) is 11.0 Å². The van der Waals surface area contributed by atoms with Crippen molar-refractivity contribution in [3.8, 4) is 0 Å². The molecule has 1 aromatic carbocycles. The highest BCUT2D eigenvalue weighted by molar-refractivity contribution is 6.33. The summed E-state index contributed by atoms with van der Waals surface area (Å²) < 4.78 is 5.32. The molecule has 2 N–H and O–H groups in total. The molecule has 1 atom stereocenters. The number of halogens is 1. The minimum absolute atomic E-state index is 0.132. The maximum absolute atomic E-state index is 12.4. The predicted octanol–water partition coefficient (Wildman–Crippen LogP) is 3.15. The van der Waals surface area contributed by atoms with Crippen molar-refractivity contribution in [1.29, 1.82) is 0 Å². The number of nitrogens with zero attached hydrogens (tertiary/aromatic N) is 1. The van der Waals surface area contributed by atoms with Gasteiger partial charge in [0, 0.05) is 0 Å². The van der Waals surface area contributed by atoms with Crippen LogP contribution in [0.1, 0.15) is 35.7 Å². The molecule has 0 bridgehead atoms. The van der Waals surface area contributed by atoms with Crippen molar-refractivity contribution in [3.63, 3.8) is 0 Å². The summed E-state index contributed by atoms with van der Waals surface area (Å²) in [6.45, 7) is 5.47. The number of aryl methyl sites for hydroxylation is 1. The average Bonchev–Trinajstić information content (AvgIpc) is 2.97. The molecule has 0 radical (unpaired) electrons. The van der Waals surface area contributed by atoms with Gasteiger partial charge >= 0.3 is 0 Å². The molecule has 2 rings (SSSR count). The molecule has 0 saturated carbocycles. The van der Waals surface area contributed by atoms with E-state index in [1.807, 2.05) is 20.8 Å². The zero-order valence-corrected chi connectivity index (χ0v) is 15.0. The lowest BCUT2D eigenvalue weighted by Crippen LogP contribution is -2.48. The van der Waals surface area contributed by atoms with Crippen LogP contribution in [0, 0.1) is 12.8 Å². The predicted molar refractivity (Wildman–Crippen MR) is 96.7 cm³/mol. The molecule has 1 unspecified atom stereocenters. The number of furan rings is 1. The van der Waals surface area contributed by atoms with E-state index in [2.05, 4.69) is 15.8 Å². The fourth-order valence-corrected chi connectivity index (χ4v) is 2.37. The number of hydrogen-bond acceptors (Lipinski definition) is 4. The van der Waals surface area contributed by atoms with Gasteiger partial charge in [0.15, 0.2) is 0 Å². The van der Waals surface area contributed by atoms with Crippen molar-refractivity contribution in [3.05, 3.63) is 58.5 Å². The molecule has 2 amide bonds. The Morgan fingerprint density at radius 3 is 2.52 bits per heavy atom. The summed E-state index contributed by atoms with van der Waals surface area (Å²) in [7, 11) is 0. The third-order valence-corrected chi connectivity index (χ3v) is 3.81. The summed E-state index contributed by atoms with van der Waals surface area (Å²) in [5.41, 5.74) is 2.73. The van der Waals surface area contributed by atoms with Gasteiger partial charge in [-0.25, -0.2) is 5.43 Å². The smallest absolute Gasteiger partial charge is 0.262 e. The number of carbonyl (C=O) groups excluding carboxylic acids is 2. The van der Waals surface area contributed by atoms with Gasteiger partial charge in [0.2, 0.25) is 0 Å². The number of hydrazone groups is 1. The molecular weight excluding hydrogens is 342 g/mol. The van der Waals surface area contributed by atoms with Gasteiger partial charge in [-0.3, -0.25) is 9.59 Å². The van der Waals surface area contributed by atoms with Gasteiger partial charge in [0.1, 0.15) is 17.6 Å². The standard InChI is InChI=1S/C18H20ClN3O3/c1-11(2)16(21-17(23)14-6-4-5-7-15(14)19)18(24)22-20-10-13-9-8-12(3)25-13/h4-11,16H,1-3H3,(H,21,23)(H,22,24)/b20-10-. The normalized spacial score (nSPS) is 12.4. The first-order valence-corrected chi connectivity index (χ1v) is 8.21. The van der Waals surface area contributed by atoms with Crippen LogP contribution in [-0.4, -0.2) is 24.1 Å². The zero-order valence-electron chi connectivity index (χ0n) is 14.2. The molecule has 0 fully saturated rings. The lowest BCUT2D eigenvalue weighted by molar-refractivity contribution is -0.123. The number of rotatable bonds is 6. The van der Waals surface area contributed by atoms with Gasteiger partial charge in [0.25, 0.3) is 11.8 Å². The third kappa shape index (κ3) is 5.19. The molecule has 0 aliphatic rings. The quantitative estimate of drug-likeness (QED) is 0.612. The number of carbonyl (C=O) groups is 2. The van der Waals surface area contributed by atoms with Crippen molar-refractivity contribution in [1.82, 2.24) is 10.7 Å². The first kappa shape index (κ1) is 18.7. The second kappa shape index (κ2) is 8.48. The summed E-state index contributed by atoms with van der Waals surface area (Å²) in [4.78, 5) is 24.7. The third-order valence-electron chi connectivity index (χ3n) is 3.48. The van der Waals surface area contributed by atoms with E-state index in [1.165, 1.54) is 6.21 Å². The van der Waals surface area contributed by atoms with E-state index in [1.54, 1.807) is 36.4 Å². The monoisotopic (exact) mass is 361 g/mol. The SMILES string of the molecule is Cc1ccc(/C=N\NC(=O)C(NC(=O)c2ccccc2Cl)C(C)C)o1. The summed E-state index contributed by atoms with van der Waals surface area (Å²) in [6.07, 6.45) is 1.40. The lowest BCUT2D eigenvalue weighted by Gasteiger charge is -2.20. The maximum atomic E-state index is 12.4. The van der Waals surface area contributed by atoms with E-state index in [4.69, 9.17) is 16.0 Å². The molecular formula is C18H20ClN3O3. The fourth-order valence-electron chi connectivity index (χ4n) is 2.15. The Bertz CT molecular complexity index is 783. The first-order chi connectivity index (χ1) is 11.9. The van der Waals surface area contributed by atoms with Gasteiger partial charge in [-0.2, -0.15) is 5.10 Å². The molecule has 25 heavy (non-hydrogen) atoms. The van der Waals surface area contributed by atoms with Crippen molar-refractivity contribution in [2.45, 2.75) is 26.8 Å². The van der Waals surface area contributed by atoms with Crippen LogP contribution in [0.3, 0.4) is 0 Å². The second-order valence-corrected chi connectivity index (χ2v) is 6.26. The topological polar surface area (TPSA) is 83.7 Å². The van der Waals surface area contributed by atoms with Crippen molar-refractivity contribution in [2.75, 3.05) is 0 Å². The zero-order chi connectivity index (χ0) is 18.4. The Balaban J connectivity index is 2.02. The fraction of sp³-hybridized carbons (Fsp3) is 0.278. The largest absolute Gasteiger partial charge is 0.460 e. The molecule has 1 heterocycles. The van der Waals surface area contributed by atoms with Crippen molar-refractivity contribution >= 4 is 29.6 Å². The van der Waals surface area contributed by atoms with E-state index >= 15 is 0 Å². The van der Waals surface area contributed by atoms with Gasteiger partial charge in [-0.15, -0.1) is 0 Å². The van der Waals surface area contributed by atoms with Gasteiger partial charge in [-0.05, 0) is 37.1 Å². The highest BCUT2D eigenvalue weighted by atomic mass is 35.5. The van der Waals surface area contributed by atoms with Crippen LogP contribution in [0.25, 0.3) is 0 Å². The van der Waals surface area contributed by atoms with Gasteiger partial charge < -0.3 is 9.73 Å². The number of benzene rings is 1. The van der Waals surface area contributed by atoms with Crippen LogP contribution >= 0.6 is 11.6 Å². The Morgan fingerprint density at radius 1 is 1.20 bits per heavy atom. The highest BCUT2D eigenvalue weighted by Gasteiger charge is 2.25. The summed E-state index contributed by atoms with van der Waals surface area (Å²) in [5.74, 6) is 0.311.